The molecule has 0 saturated carbocycles. The van der Waals surface area contributed by atoms with Gasteiger partial charge in [-0.15, -0.1) is 0 Å². The Kier molecular flexibility index (Phi) is 14.7. The van der Waals surface area contributed by atoms with Crippen LogP contribution in [0.25, 0.3) is 0 Å². The maximum Gasteiger partial charge on any atom is 1.00 e. The first kappa shape index (κ1) is 34.7. The van der Waals surface area contributed by atoms with Crippen LogP contribution in [0.1, 0.15) is 0 Å². The standard InChI is InChI=1S/C14H24O16S2.2K/c1-23-10-7(16)13(26-5(3-15)9(10)29-31(17,18)19)28-8-6-4-25-11(8)12(14(24-2)27-6)30-32(20,21)22;;/h5-16H,3-4H2,1-2H3,(H,17,18,19)(H,20,21,22);;/q;2*+1/p-2. The summed E-state index contributed by atoms with van der Waals surface area (Å²) in [6.45, 7) is -0.961. The van der Waals surface area contributed by atoms with Crippen LogP contribution in [0.2, 0.25) is 0 Å². The molecule has 3 aliphatic rings. The molecule has 0 spiro atoms. The largest absolute Gasteiger partial charge is 1.00 e. The van der Waals surface area contributed by atoms with E-state index >= 15 is 0 Å². The van der Waals surface area contributed by atoms with E-state index in [0.717, 1.165) is 7.11 Å². The fraction of sp³-hybridized carbons (Fsp3) is 1.00. The average Bonchev–Trinajstić information content (AvgIpc) is 2.97. The molecule has 16 nitrogen and oxygen atoms in total. The van der Waals surface area contributed by atoms with Gasteiger partial charge in [-0.25, -0.2) is 16.8 Å². The molecule has 0 radical (unpaired) electrons. The Hall–Kier alpha value is 2.69. The van der Waals surface area contributed by atoms with Crippen LogP contribution >= 0.6 is 0 Å². The summed E-state index contributed by atoms with van der Waals surface area (Å²) in [4.78, 5) is 0. The van der Waals surface area contributed by atoms with Gasteiger partial charge in [0.1, 0.15) is 42.7 Å². The second kappa shape index (κ2) is 14.4. The smallest absolute Gasteiger partial charge is 0.726 e. The van der Waals surface area contributed by atoms with Crippen molar-refractivity contribution in [2.45, 2.75) is 61.4 Å². The van der Waals surface area contributed by atoms with Gasteiger partial charge >= 0.3 is 103 Å². The summed E-state index contributed by atoms with van der Waals surface area (Å²) in [5, 5.41) is 20.1. The van der Waals surface area contributed by atoms with Gasteiger partial charge in [-0.05, 0) is 0 Å². The summed E-state index contributed by atoms with van der Waals surface area (Å²) >= 11 is 0. The van der Waals surface area contributed by atoms with E-state index in [1.54, 1.807) is 0 Å². The van der Waals surface area contributed by atoms with Gasteiger partial charge in [0.05, 0.1) is 13.2 Å². The molecule has 20 heteroatoms. The van der Waals surface area contributed by atoms with Crippen molar-refractivity contribution >= 4 is 20.8 Å². The molecule has 10 atom stereocenters. The van der Waals surface area contributed by atoms with Crippen LogP contribution in [0.5, 0.6) is 0 Å². The van der Waals surface area contributed by atoms with Gasteiger partial charge in [0.25, 0.3) is 0 Å². The molecule has 3 saturated heterocycles. The summed E-state index contributed by atoms with van der Waals surface area (Å²) in [6, 6.07) is 0. The summed E-state index contributed by atoms with van der Waals surface area (Å²) < 4.78 is 107. The van der Waals surface area contributed by atoms with Crippen molar-refractivity contribution in [1.29, 1.82) is 0 Å². The molecule has 3 fully saturated rings. The van der Waals surface area contributed by atoms with Crippen LogP contribution in [0, 0.1) is 0 Å². The molecule has 2 N–H and O–H groups in total. The third kappa shape index (κ3) is 8.59. The van der Waals surface area contributed by atoms with E-state index in [-0.39, 0.29) is 109 Å². The minimum absolute atomic E-state index is 0. The summed E-state index contributed by atoms with van der Waals surface area (Å²) in [5.74, 6) is 0. The van der Waals surface area contributed by atoms with Crippen LogP contribution in [-0.2, 0) is 57.6 Å². The molecular formula is C14H22K2O16S2. The maximum atomic E-state index is 11.1. The Morgan fingerprint density at radius 3 is 1.97 bits per heavy atom. The van der Waals surface area contributed by atoms with Gasteiger partial charge in [0, 0.05) is 14.2 Å². The number of ether oxygens (including phenoxy) is 6. The van der Waals surface area contributed by atoms with Crippen LogP contribution in [0.3, 0.4) is 0 Å². The molecule has 0 aromatic carbocycles. The van der Waals surface area contributed by atoms with Crippen molar-refractivity contribution in [3.63, 3.8) is 0 Å². The zero-order valence-corrected chi connectivity index (χ0v) is 26.5. The maximum absolute atomic E-state index is 11.1. The molecule has 0 aromatic heterocycles. The molecule has 10 unspecified atom stereocenters. The third-order valence-corrected chi connectivity index (χ3v) is 6.01. The van der Waals surface area contributed by atoms with Crippen molar-refractivity contribution in [2.75, 3.05) is 27.4 Å². The number of fused-ring (bicyclic) bond motifs is 2. The molecule has 2 bridgehead atoms. The Balaban J connectivity index is 0.00000289. The second-order valence-electron chi connectivity index (χ2n) is 7.03. The number of aliphatic hydroxyl groups excluding tert-OH is 2. The van der Waals surface area contributed by atoms with Crippen LogP contribution in [-0.4, -0.2) is 125 Å². The molecule has 0 aromatic rings. The van der Waals surface area contributed by atoms with Gasteiger partial charge in [-0.1, -0.05) is 0 Å². The molecule has 188 valence electrons. The van der Waals surface area contributed by atoms with Gasteiger partial charge in [0.15, 0.2) is 18.7 Å². The zero-order chi connectivity index (χ0) is 23.8. The monoisotopic (exact) mass is 588 g/mol. The Labute approximate surface area is 280 Å². The fourth-order valence-corrected chi connectivity index (χ4v) is 4.81. The van der Waals surface area contributed by atoms with E-state index < -0.39 is 88.8 Å². The minimum Gasteiger partial charge on any atom is -0.726 e. The third-order valence-electron chi connectivity index (χ3n) is 5.09. The number of aliphatic hydroxyl groups is 2. The first-order valence-electron chi connectivity index (χ1n) is 9.09. The van der Waals surface area contributed by atoms with Crippen LogP contribution in [0.4, 0.5) is 0 Å². The summed E-state index contributed by atoms with van der Waals surface area (Å²) in [5.41, 5.74) is 0. The number of methoxy groups -OCH3 is 2. The fourth-order valence-electron chi connectivity index (χ4n) is 3.83. The SMILES string of the molecule is COC1OC2COC(C2OC2OC(CO)C(OS(=O)(=O)[O-])C(OC)C2O)C1OS(=O)(=O)[O-].[K+].[K+]. The van der Waals surface area contributed by atoms with Gasteiger partial charge < -0.3 is 47.7 Å². The number of rotatable bonds is 9. The molecule has 34 heavy (non-hydrogen) atoms. The number of hydrogen-bond acceptors (Lipinski definition) is 16. The van der Waals surface area contributed by atoms with Crippen LogP contribution in [0.15, 0.2) is 0 Å². The van der Waals surface area contributed by atoms with E-state index in [1.165, 1.54) is 7.11 Å². The molecule has 0 aliphatic carbocycles. The molecule has 0 amide bonds. The van der Waals surface area contributed by atoms with Crippen molar-refractivity contribution in [3.8, 4) is 0 Å². The minimum atomic E-state index is -5.25. The quantitative estimate of drug-likeness (QED) is 0.145. The van der Waals surface area contributed by atoms with Crippen LogP contribution < -0.4 is 103 Å². The average molecular weight is 589 g/mol. The normalized spacial score (nSPS) is 40.3. The summed E-state index contributed by atoms with van der Waals surface area (Å²) in [7, 11) is -8.17. The van der Waals surface area contributed by atoms with Gasteiger partial charge in [-0.3, -0.25) is 8.37 Å². The van der Waals surface area contributed by atoms with Gasteiger partial charge in [0.2, 0.25) is 20.8 Å². The molecular weight excluding hydrogens is 566 g/mol. The second-order valence-corrected chi connectivity index (χ2v) is 9.05. The predicted octanol–water partition coefficient (Wildman–Crippen LogP) is -10.1. The Morgan fingerprint density at radius 2 is 1.47 bits per heavy atom. The van der Waals surface area contributed by atoms with E-state index in [0.29, 0.717) is 0 Å². The first-order valence-corrected chi connectivity index (χ1v) is 11.8. The topological polar surface area (TPSA) is 229 Å². The van der Waals surface area contributed by atoms with E-state index in [2.05, 4.69) is 8.37 Å². The zero-order valence-electron chi connectivity index (χ0n) is 18.6. The van der Waals surface area contributed by atoms with E-state index in [4.69, 9.17) is 28.4 Å². The predicted molar refractivity (Wildman–Crippen MR) is 92.0 cm³/mol. The molecule has 3 heterocycles. The first-order chi connectivity index (χ1) is 14.9. The van der Waals surface area contributed by atoms with Gasteiger partial charge in [-0.2, -0.15) is 0 Å². The number of hydrogen-bond donors (Lipinski definition) is 2. The van der Waals surface area contributed by atoms with Crippen molar-refractivity contribution < 1.29 is 176 Å². The van der Waals surface area contributed by atoms with Crippen molar-refractivity contribution in [2.24, 2.45) is 0 Å². The van der Waals surface area contributed by atoms with E-state index in [1.807, 2.05) is 0 Å². The Bertz CT molecular complexity index is 858. The molecule has 3 aliphatic heterocycles. The van der Waals surface area contributed by atoms with Crippen molar-refractivity contribution in [1.82, 2.24) is 0 Å². The Morgan fingerprint density at radius 1 is 0.882 bits per heavy atom. The summed E-state index contributed by atoms with van der Waals surface area (Å²) in [6.07, 6.45) is -14.1. The molecule has 3 rings (SSSR count). The van der Waals surface area contributed by atoms with E-state index in [9.17, 15) is 36.2 Å². The van der Waals surface area contributed by atoms with Crippen molar-refractivity contribution in [3.05, 3.63) is 0 Å².